The molecule has 0 saturated carbocycles. The van der Waals surface area contributed by atoms with E-state index in [1.165, 1.54) is 38.3 Å². The minimum absolute atomic E-state index is 0.00946. The van der Waals surface area contributed by atoms with Crippen LogP contribution in [0.2, 0.25) is 0 Å². The van der Waals surface area contributed by atoms with E-state index in [2.05, 4.69) is 58.5 Å². The van der Waals surface area contributed by atoms with E-state index in [1.807, 2.05) is 32.0 Å². The number of nitrogens with one attached hydrogen (secondary N) is 11. The number of nitrogens with two attached hydrogens (primary N) is 1. The number of anilines is 1. The van der Waals surface area contributed by atoms with Gasteiger partial charge in [0.25, 0.3) is 5.91 Å². The number of urea groups is 1. The summed E-state index contributed by atoms with van der Waals surface area (Å²) in [4.78, 5) is 175. The minimum Gasteiger partial charge on any atom is -0.445 e. The van der Waals surface area contributed by atoms with E-state index >= 15 is 0 Å². The topological polar surface area (TPSA) is 584 Å². The zero-order valence-corrected chi connectivity index (χ0v) is 69.8. The maximum atomic E-state index is 14.7. The molecular formula is C78H126N14O26. The second kappa shape index (κ2) is 49.9. The van der Waals surface area contributed by atoms with Crippen LogP contribution in [0.5, 0.6) is 0 Å². The van der Waals surface area contributed by atoms with Crippen molar-refractivity contribution in [1.82, 2.24) is 63.0 Å². The maximum Gasteiger partial charge on any atom is 0.410 e. The smallest absolute Gasteiger partial charge is 0.410 e. The van der Waals surface area contributed by atoms with E-state index in [-0.39, 0.29) is 55.8 Å². The summed E-state index contributed by atoms with van der Waals surface area (Å²) in [5.41, 5.74) is 6.62. The van der Waals surface area contributed by atoms with Crippen LogP contribution in [-0.2, 0) is 87.8 Å². The third kappa shape index (κ3) is 31.1. The fourth-order valence-electron chi connectivity index (χ4n) is 13.5. The molecule has 14 amide bonds. The number of amides is 14. The normalized spacial score (nSPS) is 22.0. The first-order valence-corrected chi connectivity index (χ1v) is 39.5. The molecule has 118 heavy (non-hydrogen) atoms. The summed E-state index contributed by atoms with van der Waals surface area (Å²) in [6, 6.07) is 6.83. The van der Waals surface area contributed by atoms with Gasteiger partial charge in [-0.05, 0) is 86.0 Å². The van der Waals surface area contributed by atoms with Crippen LogP contribution in [0.4, 0.5) is 15.3 Å². The van der Waals surface area contributed by atoms with Crippen molar-refractivity contribution in [2.24, 2.45) is 35.3 Å². The monoisotopic (exact) mass is 1670 g/mol. The van der Waals surface area contributed by atoms with E-state index in [0.717, 1.165) is 11.8 Å². The number of hydrogen-bond donors (Lipinski definition) is 19. The number of aliphatic hydroxyl groups excluding tert-OH is 7. The first kappa shape index (κ1) is 101. The molecule has 0 spiro atoms. The summed E-state index contributed by atoms with van der Waals surface area (Å²) in [5, 5.41) is 102. The van der Waals surface area contributed by atoms with Crippen LogP contribution in [0.25, 0.3) is 0 Å². The van der Waals surface area contributed by atoms with Crippen molar-refractivity contribution < 1.29 is 126 Å². The average Bonchev–Trinajstić information content (AvgIpc) is 0.783. The molecule has 2 aliphatic heterocycles. The predicted octanol–water partition coefficient (Wildman–Crippen LogP) is -3.00. The summed E-state index contributed by atoms with van der Waals surface area (Å²) >= 11 is 0. The van der Waals surface area contributed by atoms with Gasteiger partial charge in [-0.25, -0.2) is 9.59 Å². The Morgan fingerprint density at radius 2 is 1.19 bits per heavy atom. The number of ether oxygens (including phenoxy) is 6. The van der Waals surface area contributed by atoms with Crippen molar-refractivity contribution in [2.75, 3.05) is 73.0 Å². The Balaban J connectivity index is 1.29. The standard InChI is InChI=1S/C78H126N14O26/c1-16-42(8)61(51(114-15)33-53(95)80-31-21-20-26-50(113-14)43(9)69(104)85-44(10)62(99)47-23-18-17-19-24-47)91(12)74(109)58(40(4)5)90-72(107)60(41(6)7)92(13)78(112)115-38-46-27-29-48(30-28-46)87-70(105)49(25-22-32-81-77(79)111)88-71(106)57(39(2)3)89-56(98)36-83-54(96)34-82-55(97)35-84-73(108)68-65(102)64(101)66(103)76(118-68)117-67-52(37-93)116-75(110)59(63(67)100)86-45(11)94/h17-19,23-24,27-30,39-44,49-52,57-68,75-76,93,99-103,110H,16,20-22,25-26,31-38H2,1-15H3,(H,80,95)(H,82,97)(H,83,96)(H,84,108)(H,85,104)(H,86,94)(H,87,105)(H,88,106)(H,89,98)(H,90,107)(H3,79,81,111)/t42-,43+,44+,49-,50-,51+,52?,57-,58-,59?,60-,61-,62+,63+,64-,65-,66?,67+,68?,75+,76+/m0/s1. The summed E-state index contributed by atoms with van der Waals surface area (Å²) in [6.07, 6.45) is -17.8. The summed E-state index contributed by atoms with van der Waals surface area (Å²) in [5.74, 6) is -10.1. The lowest BCUT2D eigenvalue weighted by Gasteiger charge is -2.46. The number of hydrogen-bond acceptors (Lipinski definition) is 26. The van der Waals surface area contributed by atoms with Crippen LogP contribution in [0.15, 0.2) is 54.6 Å². The lowest BCUT2D eigenvalue weighted by Crippen LogP contribution is -2.67. The highest BCUT2D eigenvalue weighted by Crippen LogP contribution is 2.31. The molecule has 0 bridgehead atoms. The number of unbranched alkanes of at least 4 members (excludes halogenated alkanes) is 1. The van der Waals surface area contributed by atoms with Crippen molar-refractivity contribution in [3.05, 3.63) is 65.7 Å². The molecule has 2 saturated heterocycles. The van der Waals surface area contributed by atoms with E-state index in [4.69, 9.17) is 34.2 Å². The lowest BCUT2D eigenvalue weighted by atomic mass is 9.89. The highest BCUT2D eigenvalue weighted by atomic mass is 16.7. The molecule has 2 heterocycles. The Morgan fingerprint density at radius 1 is 0.593 bits per heavy atom. The van der Waals surface area contributed by atoms with E-state index in [9.17, 15) is 98.1 Å². The fourth-order valence-corrected chi connectivity index (χ4v) is 13.5. The fraction of sp³-hybridized carbons (Fsp3) is 0.679. The van der Waals surface area contributed by atoms with Gasteiger partial charge in [0.1, 0.15) is 73.4 Å². The van der Waals surface area contributed by atoms with Crippen molar-refractivity contribution in [3.8, 4) is 0 Å². The molecule has 2 fully saturated rings. The lowest BCUT2D eigenvalue weighted by molar-refractivity contribution is -0.339. The molecule has 0 radical (unpaired) electrons. The molecule has 0 aliphatic carbocycles. The minimum atomic E-state index is -2.13. The Labute approximate surface area is 687 Å². The SMILES string of the molecule is CC[C@H](C)[C@@H]([C@@H](CC(=O)NCCCC[C@H](OC)[C@@H](C)C(=O)N[C@H](C)[C@@H](O)c1ccccc1)OC)N(C)C(=O)[C@@H](NC(=O)[C@H](C(C)C)N(C)C(=O)OCc1ccc(NC(=O)[C@H](CCCNC(N)=O)NC(=O)[C@@H](NC(=O)CNC(=O)CNC(=O)CNC(=O)C2O[C@@H](O[C@@H]3C(CO)O[C@@H](O)C(NC(C)=O)[C@H]3O)C(O)[C@@H](O)[C@@H]2O)C(C)C)cc1)C(C)C. The number of benzene rings is 2. The highest BCUT2D eigenvalue weighted by molar-refractivity contribution is 5.99. The first-order valence-electron chi connectivity index (χ1n) is 39.5. The Bertz CT molecular complexity index is 3590. The average molecular weight is 1680 g/mol. The quantitative estimate of drug-likeness (QED) is 0.0294. The van der Waals surface area contributed by atoms with Gasteiger partial charge in [-0.1, -0.05) is 111 Å². The maximum absolute atomic E-state index is 14.7. The van der Waals surface area contributed by atoms with Gasteiger partial charge in [-0.3, -0.25) is 57.6 Å². The van der Waals surface area contributed by atoms with Crippen LogP contribution in [-0.4, -0.2) is 300 Å². The zero-order valence-electron chi connectivity index (χ0n) is 69.8. The predicted molar refractivity (Wildman–Crippen MR) is 423 cm³/mol. The molecular weight excluding hydrogens is 1550 g/mol. The molecule has 4 rings (SSSR count). The van der Waals surface area contributed by atoms with Crippen LogP contribution in [0.1, 0.15) is 138 Å². The molecule has 40 heteroatoms. The van der Waals surface area contributed by atoms with Gasteiger partial charge in [-0.2, -0.15) is 0 Å². The van der Waals surface area contributed by atoms with E-state index in [0.29, 0.717) is 43.4 Å². The van der Waals surface area contributed by atoms with Crippen molar-refractivity contribution in [3.63, 3.8) is 0 Å². The van der Waals surface area contributed by atoms with Crippen LogP contribution < -0.4 is 64.2 Å². The van der Waals surface area contributed by atoms with Gasteiger partial charge < -0.3 is 133 Å². The van der Waals surface area contributed by atoms with Crippen molar-refractivity contribution in [2.45, 2.75) is 244 Å². The molecule has 20 N–H and O–H groups in total. The second-order valence-corrected chi connectivity index (χ2v) is 30.7. The number of nitrogens with zero attached hydrogens (tertiary/aromatic N) is 2. The molecule has 2 aromatic rings. The van der Waals surface area contributed by atoms with Crippen LogP contribution in [0.3, 0.4) is 0 Å². The largest absolute Gasteiger partial charge is 0.445 e. The van der Waals surface area contributed by atoms with E-state index in [1.54, 1.807) is 86.7 Å². The summed E-state index contributed by atoms with van der Waals surface area (Å²) in [6.45, 7) is 15.5. The highest BCUT2D eigenvalue weighted by Gasteiger charge is 2.53. The van der Waals surface area contributed by atoms with Crippen LogP contribution >= 0.6 is 0 Å². The molecule has 21 atom stereocenters. The molecule has 2 aromatic carbocycles. The van der Waals surface area contributed by atoms with Gasteiger partial charge in [-0.15, -0.1) is 0 Å². The van der Waals surface area contributed by atoms with Gasteiger partial charge in [0, 0.05) is 54.0 Å². The molecule has 40 nitrogen and oxygen atoms in total. The van der Waals surface area contributed by atoms with Gasteiger partial charge in [0.15, 0.2) is 18.7 Å². The number of primary amides is 1. The Kier molecular flexibility index (Phi) is 42.7. The number of methoxy groups -OCH3 is 2. The molecule has 664 valence electrons. The second-order valence-electron chi connectivity index (χ2n) is 30.7. The summed E-state index contributed by atoms with van der Waals surface area (Å²) in [7, 11) is 6.00. The third-order valence-corrected chi connectivity index (χ3v) is 20.6. The zero-order chi connectivity index (χ0) is 88.5. The van der Waals surface area contributed by atoms with Gasteiger partial charge in [0.2, 0.25) is 59.1 Å². The number of carbonyl (C=O) groups is 13. The summed E-state index contributed by atoms with van der Waals surface area (Å²) < 4.78 is 33.5. The van der Waals surface area contributed by atoms with Crippen molar-refractivity contribution >= 4 is 82.8 Å². The third-order valence-electron chi connectivity index (χ3n) is 20.6. The number of aliphatic hydroxyl groups is 7. The number of likely N-dealkylation sites (N-methyl/N-ethyl adjacent to an activating group) is 2. The number of rotatable bonds is 47. The first-order chi connectivity index (χ1) is 55.6. The molecule has 4 unspecified atom stereocenters. The van der Waals surface area contributed by atoms with Gasteiger partial charge in [0.05, 0.1) is 69.0 Å². The Morgan fingerprint density at radius 3 is 1.76 bits per heavy atom. The molecule has 2 aliphatic rings. The van der Waals surface area contributed by atoms with Crippen LogP contribution in [0, 0.1) is 29.6 Å². The van der Waals surface area contributed by atoms with Gasteiger partial charge >= 0.3 is 12.1 Å². The van der Waals surface area contributed by atoms with E-state index < -0.39 is 231 Å². The Hall–Kier alpha value is -9.33. The molecule has 0 aromatic heterocycles. The van der Waals surface area contributed by atoms with Crippen molar-refractivity contribution in [1.29, 1.82) is 0 Å². The number of carbonyl (C=O) groups excluding carboxylic acids is 13.